The Balaban J connectivity index is 1.47. The first-order valence-electron chi connectivity index (χ1n) is 10.8. The molecule has 1 heterocycles. The van der Waals surface area contributed by atoms with Gasteiger partial charge in [-0.15, -0.1) is 0 Å². The van der Waals surface area contributed by atoms with Gasteiger partial charge < -0.3 is 25.0 Å². The standard InChI is InChI=1S/C24H29Cl2N3O3/c1-29-13-16-10-18(27-23(30)28-20-6-5-17(25)12-19(20)26)8-9-24(16,14-29)15-4-7-21(31-2)22(11-15)32-3/h4-7,11-12,16,18H,8-10,13-14H2,1-3H3,(H2,27,28,30). The molecule has 8 heteroatoms. The van der Waals surface area contributed by atoms with Crippen molar-refractivity contribution in [1.82, 2.24) is 10.2 Å². The Morgan fingerprint density at radius 1 is 1.12 bits per heavy atom. The van der Waals surface area contributed by atoms with Gasteiger partial charge in [0.05, 0.1) is 24.9 Å². The first kappa shape index (κ1) is 23.0. The highest BCUT2D eigenvalue weighted by Crippen LogP contribution is 2.49. The second-order valence-corrected chi connectivity index (χ2v) is 9.66. The average molecular weight is 478 g/mol. The molecular weight excluding hydrogens is 449 g/mol. The van der Waals surface area contributed by atoms with Crippen LogP contribution in [0.15, 0.2) is 36.4 Å². The van der Waals surface area contributed by atoms with E-state index in [9.17, 15) is 4.79 Å². The molecule has 1 saturated carbocycles. The molecule has 1 aliphatic carbocycles. The van der Waals surface area contributed by atoms with E-state index in [4.69, 9.17) is 32.7 Å². The Hall–Kier alpha value is -2.15. The molecule has 0 spiro atoms. The maximum Gasteiger partial charge on any atom is 0.319 e. The van der Waals surface area contributed by atoms with Gasteiger partial charge in [0.2, 0.25) is 0 Å². The summed E-state index contributed by atoms with van der Waals surface area (Å²) >= 11 is 12.1. The maximum atomic E-state index is 12.6. The summed E-state index contributed by atoms with van der Waals surface area (Å²) in [5.74, 6) is 1.93. The van der Waals surface area contributed by atoms with Gasteiger partial charge >= 0.3 is 6.03 Å². The molecule has 3 unspecified atom stereocenters. The number of ether oxygens (including phenoxy) is 2. The monoisotopic (exact) mass is 477 g/mol. The third-order valence-electron chi connectivity index (χ3n) is 6.85. The Morgan fingerprint density at radius 3 is 2.62 bits per heavy atom. The lowest BCUT2D eigenvalue weighted by Gasteiger charge is -2.42. The number of methoxy groups -OCH3 is 2. The highest BCUT2D eigenvalue weighted by atomic mass is 35.5. The van der Waals surface area contributed by atoms with Crippen LogP contribution < -0.4 is 20.1 Å². The quantitative estimate of drug-likeness (QED) is 0.622. The van der Waals surface area contributed by atoms with Crippen LogP contribution in [-0.2, 0) is 5.41 Å². The molecule has 2 fully saturated rings. The first-order chi connectivity index (χ1) is 15.3. The molecule has 2 amide bonds. The van der Waals surface area contributed by atoms with E-state index in [0.29, 0.717) is 21.7 Å². The number of nitrogens with one attached hydrogen (secondary N) is 2. The Labute approximate surface area is 199 Å². The third-order valence-corrected chi connectivity index (χ3v) is 7.39. The molecule has 2 N–H and O–H groups in total. The topological polar surface area (TPSA) is 62.8 Å². The molecule has 32 heavy (non-hydrogen) atoms. The highest BCUT2D eigenvalue weighted by molar-refractivity contribution is 6.36. The van der Waals surface area contributed by atoms with Crippen molar-refractivity contribution in [3.63, 3.8) is 0 Å². The summed E-state index contributed by atoms with van der Waals surface area (Å²) in [5, 5.41) is 6.93. The van der Waals surface area contributed by atoms with Crippen molar-refractivity contribution >= 4 is 34.9 Å². The molecule has 0 radical (unpaired) electrons. The smallest absolute Gasteiger partial charge is 0.319 e. The molecule has 172 valence electrons. The van der Waals surface area contributed by atoms with Crippen LogP contribution in [0.5, 0.6) is 11.5 Å². The van der Waals surface area contributed by atoms with Crippen LogP contribution in [0.1, 0.15) is 24.8 Å². The van der Waals surface area contributed by atoms with Gasteiger partial charge in [0, 0.05) is 29.6 Å². The number of hydrogen-bond donors (Lipinski definition) is 2. The van der Waals surface area contributed by atoms with Crippen molar-refractivity contribution in [3.05, 3.63) is 52.0 Å². The highest BCUT2D eigenvalue weighted by Gasteiger charge is 2.50. The zero-order valence-electron chi connectivity index (χ0n) is 18.6. The molecule has 2 aliphatic rings. The molecule has 4 rings (SSSR count). The number of carbonyl (C=O) groups is 1. The van der Waals surface area contributed by atoms with Crippen LogP contribution >= 0.6 is 23.2 Å². The number of carbonyl (C=O) groups excluding carboxylic acids is 1. The van der Waals surface area contributed by atoms with E-state index in [1.54, 1.807) is 32.4 Å². The van der Waals surface area contributed by atoms with Crippen molar-refractivity contribution in [3.8, 4) is 11.5 Å². The van der Waals surface area contributed by atoms with Gasteiger partial charge in [0.15, 0.2) is 11.5 Å². The number of likely N-dealkylation sites (N-methyl/N-ethyl adjacent to an activating group) is 1. The molecule has 3 atom stereocenters. The molecular formula is C24H29Cl2N3O3. The van der Waals surface area contributed by atoms with Crippen molar-refractivity contribution in [2.45, 2.75) is 30.7 Å². The van der Waals surface area contributed by atoms with Crippen molar-refractivity contribution in [1.29, 1.82) is 0 Å². The normalized spacial score (nSPS) is 25.2. The molecule has 1 saturated heterocycles. The van der Waals surface area contributed by atoms with E-state index in [0.717, 1.165) is 43.9 Å². The van der Waals surface area contributed by atoms with Gasteiger partial charge in [-0.05, 0) is 68.1 Å². The van der Waals surface area contributed by atoms with E-state index in [1.165, 1.54) is 5.56 Å². The van der Waals surface area contributed by atoms with E-state index < -0.39 is 0 Å². The lowest BCUT2D eigenvalue weighted by Crippen LogP contribution is -2.48. The summed E-state index contributed by atoms with van der Waals surface area (Å²) in [6.07, 6.45) is 2.81. The largest absolute Gasteiger partial charge is 0.493 e. The van der Waals surface area contributed by atoms with Crippen LogP contribution in [0.4, 0.5) is 10.5 Å². The van der Waals surface area contributed by atoms with Gasteiger partial charge in [-0.1, -0.05) is 29.3 Å². The fourth-order valence-corrected chi connectivity index (χ4v) is 5.84. The lowest BCUT2D eigenvalue weighted by atomic mass is 9.63. The Bertz CT molecular complexity index is 1000. The number of amides is 2. The zero-order valence-corrected chi connectivity index (χ0v) is 20.1. The summed E-state index contributed by atoms with van der Waals surface area (Å²) < 4.78 is 11.0. The van der Waals surface area contributed by atoms with Gasteiger partial charge in [-0.3, -0.25) is 0 Å². The van der Waals surface area contributed by atoms with Gasteiger partial charge in [-0.2, -0.15) is 0 Å². The van der Waals surface area contributed by atoms with Crippen LogP contribution in [-0.4, -0.2) is 51.3 Å². The molecule has 2 aromatic carbocycles. The average Bonchev–Trinajstić information content (AvgIpc) is 3.11. The van der Waals surface area contributed by atoms with Crippen molar-refractivity contribution < 1.29 is 14.3 Å². The van der Waals surface area contributed by atoms with Crippen molar-refractivity contribution in [2.75, 3.05) is 39.7 Å². The molecule has 6 nitrogen and oxygen atoms in total. The number of urea groups is 1. The van der Waals surface area contributed by atoms with Crippen LogP contribution in [0, 0.1) is 5.92 Å². The second kappa shape index (κ2) is 9.38. The summed E-state index contributed by atoms with van der Waals surface area (Å²) in [6, 6.07) is 11.2. The fraction of sp³-hybridized carbons (Fsp3) is 0.458. The summed E-state index contributed by atoms with van der Waals surface area (Å²) in [7, 11) is 5.49. The third kappa shape index (κ3) is 4.49. The SMILES string of the molecule is COc1ccc(C23CCC(NC(=O)Nc4ccc(Cl)cc4Cl)CC2CN(C)C3)cc1OC. The summed E-state index contributed by atoms with van der Waals surface area (Å²) in [5.41, 5.74) is 1.87. The minimum absolute atomic E-state index is 0.0441. The van der Waals surface area contributed by atoms with Gasteiger partial charge in [0.1, 0.15) is 0 Å². The summed E-state index contributed by atoms with van der Waals surface area (Å²) in [4.78, 5) is 15.0. The Morgan fingerprint density at radius 2 is 1.91 bits per heavy atom. The number of rotatable bonds is 5. The number of nitrogens with zero attached hydrogens (tertiary/aromatic N) is 1. The fourth-order valence-electron chi connectivity index (χ4n) is 5.39. The minimum Gasteiger partial charge on any atom is -0.493 e. The Kier molecular flexibility index (Phi) is 6.75. The number of likely N-dealkylation sites (tertiary alicyclic amines) is 1. The number of benzene rings is 2. The predicted molar refractivity (Wildman–Crippen MR) is 128 cm³/mol. The second-order valence-electron chi connectivity index (χ2n) is 8.81. The van der Waals surface area contributed by atoms with E-state index in [2.05, 4.69) is 34.7 Å². The zero-order chi connectivity index (χ0) is 22.9. The van der Waals surface area contributed by atoms with Gasteiger partial charge in [0.25, 0.3) is 0 Å². The van der Waals surface area contributed by atoms with E-state index in [-0.39, 0.29) is 17.5 Å². The maximum absolute atomic E-state index is 12.6. The number of halogens is 2. The van der Waals surface area contributed by atoms with Gasteiger partial charge in [-0.25, -0.2) is 4.79 Å². The molecule has 0 aromatic heterocycles. The number of anilines is 1. The first-order valence-corrected chi connectivity index (χ1v) is 11.5. The number of hydrogen-bond acceptors (Lipinski definition) is 4. The van der Waals surface area contributed by atoms with Crippen LogP contribution in [0.2, 0.25) is 10.0 Å². The van der Waals surface area contributed by atoms with Crippen molar-refractivity contribution in [2.24, 2.45) is 5.92 Å². The lowest BCUT2D eigenvalue weighted by molar-refractivity contribution is 0.197. The minimum atomic E-state index is -0.246. The predicted octanol–water partition coefficient (Wildman–Crippen LogP) is 5.18. The van der Waals surface area contributed by atoms with E-state index in [1.807, 2.05) is 6.07 Å². The summed E-state index contributed by atoms with van der Waals surface area (Å²) in [6.45, 7) is 1.99. The molecule has 2 aromatic rings. The molecule has 1 aliphatic heterocycles. The van der Waals surface area contributed by atoms with Crippen LogP contribution in [0.3, 0.4) is 0 Å². The molecule has 0 bridgehead atoms. The van der Waals surface area contributed by atoms with E-state index >= 15 is 0 Å². The number of fused-ring (bicyclic) bond motifs is 1. The van der Waals surface area contributed by atoms with Crippen LogP contribution in [0.25, 0.3) is 0 Å².